The molecule has 1 fully saturated rings. The number of nitrogens with zero attached hydrogens (tertiary/aromatic N) is 4. The molecule has 0 unspecified atom stereocenters. The maximum absolute atomic E-state index is 13.6. The van der Waals surface area contributed by atoms with Crippen molar-refractivity contribution >= 4 is 103 Å². The van der Waals surface area contributed by atoms with Gasteiger partial charge in [-0.15, -0.1) is 0 Å². The molecule has 1 aliphatic heterocycles. The van der Waals surface area contributed by atoms with Crippen molar-refractivity contribution in [1.29, 1.82) is 0 Å². The molecule has 0 bridgehead atoms. The summed E-state index contributed by atoms with van der Waals surface area (Å²) in [6.45, 7) is 14.6. The molecule has 426 valence electrons. The van der Waals surface area contributed by atoms with Gasteiger partial charge in [-0.2, -0.15) is 11.3 Å². The number of thiophene rings is 1. The number of aliphatic imine (C=N–C) groups is 2. The summed E-state index contributed by atoms with van der Waals surface area (Å²) in [4.78, 5) is 144. The van der Waals surface area contributed by atoms with Crippen molar-refractivity contribution in [2.45, 2.75) is 134 Å². The molecular weight excluding hydrogens is 1040 g/mol. The topological polar surface area (TPSA) is 429 Å². The lowest BCUT2D eigenvalue weighted by molar-refractivity contribution is -0.140. The van der Waals surface area contributed by atoms with Gasteiger partial charge in [0.25, 0.3) is 0 Å². The number of fused-ring (bicyclic) bond motifs is 1. The van der Waals surface area contributed by atoms with Crippen molar-refractivity contribution in [3.63, 3.8) is 0 Å². The Morgan fingerprint density at radius 3 is 1.72 bits per heavy atom. The maximum atomic E-state index is 13.6. The van der Waals surface area contributed by atoms with Crippen LogP contribution in [-0.4, -0.2) is 144 Å². The molecule has 79 heavy (non-hydrogen) atoms. The first-order valence-corrected chi connectivity index (χ1v) is 26.3. The molecule has 27 nitrogen and oxygen atoms in total. The molecule has 2 heterocycles. The van der Waals surface area contributed by atoms with Crippen molar-refractivity contribution in [3.05, 3.63) is 71.1 Å². The average molecular weight is 1110 g/mol. The number of likely N-dealkylation sites (tertiary alicyclic amines) is 1. The fraction of sp³-hybridized carbons (Fsp3) is 0.471. The van der Waals surface area contributed by atoms with E-state index in [4.69, 9.17) is 35.2 Å². The van der Waals surface area contributed by atoms with Crippen LogP contribution in [0.2, 0.25) is 0 Å². The molecule has 4 rings (SSSR count). The molecule has 0 radical (unpaired) electrons. The maximum Gasteiger partial charge on any atom is 0.246 e. The second kappa shape index (κ2) is 30.2. The van der Waals surface area contributed by atoms with Gasteiger partial charge < -0.3 is 76.1 Å². The first-order valence-electron chi connectivity index (χ1n) is 25.5. The molecule has 1 saturated heterocycles. The number of carbonyl (C=O) groups is 10. The highest BCUT2D eigenvalue weighted by molar-refractivity contribution is 7.22. The second-order valence-corrected chi connectivity index (χ2v) is 20.0. The Bertz CT molecular complexity index is 2820. The van der Waals surface area contributed by atoms with Crippen LogP contribution in [0.15, 0.2) is 58.5 Å². The second-order valence-electron chi connectivity index (χ2n) is 19.0. The zero-order valence-corrected chi connectivity index (χ0v) is 45.5. The number of rotatable bonds is 29. The monoisotopic (exact) mass is 1110 g/mol. The van der Waals surface area contributed by atoms with Crippen LogP contribution in [0.1, 0.15) is 84.3 Å². The van der Waals surface area contributed by atoms with E-state index >= 15 is 0 Å². The highest BCUT2D eigenvalue weighted by Gasteiger charge is 2.39. The molecule has 28 heteroatoms. The Balaban J connectivity index is 1.28. The van der Waals surface area contributed by atoms with Gasteiger partial charge in [-0.1, -0.05) is 24.3 Å². The molecule has 3 aromatic rings. The van der Waals surface area contributed by atoms with Gasteiger partial charge in [0.1, 0.15) is 48.3 Å². The molecule has 0 saturated carbocycles. The number of hydrogen-bond acceptors (Lipinski definition) is 13. The van der Waals surface area contributed by atoms with Crippen LogP contribution in [0, 0.1) is 6.57 Å². The van der Waals surface area contributed by atoms with Gasteiger partial charge in [-0.3, -0.25) is 57.9 Å². The zero-order chi connectivity index (χ0) is 58.5. The van der Waals surface area contributed by atoms with Gasteiger partial charge in [0, 0.05) is 36.4 Å². The number of primary amides is 1. The SMILES string of the molecule is [C-]#[N+]c1cc2cc(CCC(=O)N[C@@H](C)C(=O)N[C@@H](CCCN=C(N)N)C(=O)N[C@@H](C)C(=O)N[C@@H]3CCN([C@@H](C)C(=O)N[C@@H](C)C(=O)N[C@@H](CCCN=C(N)N)C(=O)N[C@@H](C)C(=O)Nc4ccc(CC(N)=O)cc4)C3=O)ccc2s1. The minimum atomic E-state index is -1.23. The molecule has 0 aliphatic carbocycles. The third-order valence-corrected chi connectivity index (χ3v) is 13.5. The predicted molar refractivity (Wildman–Crippen MR) is 296 cm³/mol. The van der Waals surface area contributed by atoms with E-state index in [1.54, 1.807) is 30.3 Å². The van der Waals surface area contributed by atoms with Gasteiger partial charge >= 0.3 is 0 Å². The van der Waals surface area contributed by atoms with Crippen LogP contribution in [0.25, 0.3) is 14.9 Å². The molecule has 1 aromatic heterocycles. The number of anilines is 1. The van der Waals surface area contributed by atoms with E-state index in [-0.39, 0.29) is 76.5 Å². The number of benzene rings is 2. The Morgan fingerprint density at radius 1 is 0.658 bits per heavy atom. The Kier molecular flexibility index (Phi) is 23.9. The van der Waals surface area contributed by atoms with Crippen LogP contribution < -0.4 is 71.2 Å². The van der Waals surface area contributed by atoms with Crippen molar-refractivity contribution in [2.75, 3.05) is 25.0 Å². The Morgan fingerprint density at radius 2 is 1.18 bits per heavy atom. The molecule has 2 aromatic carbocycles. The molecule has 8 atom stereocenters. The van der Waals surface area contributed by atoms with Gasteiger partial charge in [0.15, 0.2) is 11.9 Å². The summed E-state index contributed by atoms with van der Waals surface area (Å²) in [5, 5.41) is 22.3. The lowest BCUT2D eigenvalue weighted by Gasteiger charge is -2.27. The summed E-state index contributed by atoms with van der Waals surface area (Å²) in [6, 6.07) is 4.62. The van der Waals surface area contributed by atoms with Crippen LogP contribution in [0.5, 0.6) is 0 Å². The Labute approximate surface area is 460 Å². The van der Waals surface area contributed by atoms with Gasteiger partial charge in [-0.25, -0.2) is 4.85 Å². The minimum Gasteiger partial charge on any atom is -0.370 e. The highest BCUT2D eigenvalue weighted by atomic mass is 32.1. The van der Waals surface area contributed by atoms with Crippen LogP contribution >= 0.6 is 11.3 Å². The number of amides is 10. The van der Waals surface area contributed by atoms with Crippen molar-refractivity contribution in [2.24, 2.45) is 38.7 Å². The molecule has 1 aliphatic rings. The third kappa shape index (κ3) is 20.2. The fourth-order valence-corrected chi connectivity index (χ4v) is 8.87. The molecule has 10 amide bonds. The van der Waals surface area contributed by atoms with Crippen molar-refractivity contribution < 1.29 is 47.9 Å². The average Bonchev–Trinajstić information content (AvgIpc) is 3.99. The quantitative estimate of drug-likeness (QED) is 0.0159. The number of hydrogen-bond donors (Lipinski definition) is 13. The summed E-state index contributed by atoms with van der Waals surface area (Å²) in [5.41, 5.74) is 28.9. The summed E-state index contributed by atoms with van der Waals surface area (Å²) in [6.07, 6.45) is 1.09. The molecular formula is C51H71N17O10S. The summed E-state index contributed by atoms with van der Waals surface area (Å²) >= 11 is 1.37. The number of aryl methyl sites for hydroxylation is 1. The molecule has 18 N–H and O–H groups in total. The fourth-order valence-electron chi connectivity index (χ4n) is 8.04. The van der Waals surface area contributed by atoms with Gasteiger partial charge in [-0.05, 0) is 114 Å². The van der Waals surface area contributed by atoms with E-state index in [2.05, 4.69) is 57.4 Å². The zero-order valence-electron chi connectivity index (χ0n) is 44.7. The third-order valence-electron chi connectivity index (χ3n) is 12.5. The predicted octanol–water partition coefficient (Wildman–Crippen LogP) is -1.75. The first kappa shape index (κ1) is 62.7. The number of nitrogens with one attached hydrogen (secondary N) is 8. The first-order chi connectivity index (χ1) is 37.3. The van der Waals surface area contributed by atoms with Gasteiger partial charge in [0.2, 0.25) is 64.1 Å². The van der Waals surface area contributed by atoms with Crippen LogP contribution in [0.3, 0.4) is 0 Å². The number of carbonyl (C=O) groups excluding carboxylic acids is 10. The van der Waals surface area contributed by atoms with E-state index in [9.17, 15) is 47.9 Å². The lowest BCUT2D eigenvalue weighted by Crippen LogP contribution is -2.57. The van der Waals surface area contributed by atoms with Crippen LogP contribution in [-0.2, 0) is 60.8 Å². The standard InChI is InChI=1S/C51H71N17O10S/c1-26(60-40(70)18-14-31-13-17-38-33(23-31)25-41(57-6)79-38)43(72)65-35(9-7-20-58-50(53)54)48(77)63-29(4)45(74)67-37-19-22-68(49(37)78)30(5)46(75)61-28(3)44(73)66-36(10-8-21-59-51(55)56)47(76)62-27(2)42(71)64-34-15-11-32(12-16-34)24-39(52)69/h11-13,15-17,23,25-30,35-37H,7-10,14,18-22,24H2,1-5H3,(H2,52,69)(H,60,70)(H,61,75)(H,62,76)(H,63,77)(H,64,71)(H,65,72)(H,66,73)(H,67,74)(H4,53,54,58)(H4,55,56,59)/t26-,27-,28-,29-,30-,35-,36-,37+/m0/s1. The summed E-state index contributed by atoms with van der Waals surface area (Å²) in [7, 11) is 0. The van der Waals surface area contributed by atoms with Crippen LogP contribution in [0.4, 0.5) is 10.7 Å². The van der Waals surface area contributed by atoms with E-state index in [1.807, 2.05) is 18.2 Å². The number of guanidine groups is 2. The lowest BCUT2D eigenvalue weighted by atomic mass is 10.1. The summed E-state index contributed by atoms with van der Waals surface area (Å²) < 4.78 is 0.954. The smallest absolute Gasteiger partial charge is 0.246 e. The van der Waals surface area contributed by atoms with E-state index < -0.39 is 107 Å². The van der Waals surface area contributed by atoms with Gasteiger partial charge in [0.05, 0.1) is 13.0 Å². The van der Waals surface area contributed by atoms with Crippen molar-refractivity contribution in [1.82, 2.24) is 42.1 Å². The largest absolute Gasteiger partial charge is 0.370 e. The van der Waals surface area contributed by atoms with E-state index in [0.717, 1.165) is 15.6 Å². The molecule has 0 spiro atoms. The number of nitrogens with two attached hydrogens (primary N) is 5. The Hall–Kier alpha value is -8.87. The van der Waals surface area contributed by atoms with E-state index in [1.165, 1.54) is 50.9 Å². The summed E-state index contributed by atoms with van der Waals surface area (Å²) in [5.74, 6) is -6.86. The minimum absolute atomic E-state index is 0.0155. The normalized spacial score (nSPS) is 15.5. The highest BCUT2D eigenvalue weighted by Crippen LogP contribution is 2.32. The van der Waals surface area contributed by atoms with Crippen molar-refractivity contribution in [3.8, 4) is 0 Å². The van der Waals surface area contributed by atoms with E-state index in [0.29, 0.717) is 22.7 Å².